The number of carbonyl (C=O) groups is 1. The Bertz CT molecular complexity index is 1220. The van der Waals surface area contributed by atoms with E-state index in [4.69, 9.17) is 0 Å². The van der Waals surface area contributed by atoms with Gasteiger partial charge in [-0.15, -0.1) is 11.3 Å². The molecule has 6 nitrogen and oxygen atoms in total. The largest absolute Gasteiger partial charge is 0.332 e. The van der Waals surface area contributed by atoms with Gasteiger partial charge in [-0.1, -0.05) is 30.3 Å². The van der Waals surface area contributed by atoms with Crippen LogP contribution in [0, 0.1) is 0 Å². The van der Waals surface area contributed by atoms with Gasteiger partial charge in [-0.05, 0) is 17.2 Å². The van der Waals surface area contributed by atoms with Crippen LogP contribution in [0.5, 0.6) is 0 Å². The molecule has 1 amide bonds. The average molecular weight is 390 g/mol. The van der Waals surface area contributed by atoms with Gasteiger partial charge < -0.3 is 9.47 Å². The van der Waals surface area contributed by atoms with Crippen molar-refractivity contribution in [2.24, 2.45) is 7.05 Å². The van der Waals surface area contributed by atoms with Gasteiger partial charge in [0, 0.05) is 55.6 Å². The van der Waals surface area contributed by atoms with Gasteiger partial charge in [0.2, 0.25) is 0 Å². The summed E-state index contributed by atoms with van der Waals surface area (Å²) in [5, 5.41) is 1.94. The van der Waals surface area contributed by atoms with Gasteiger partial charge in [0.15, 0.2) is 4.96 Å². The van der Waals surface area contributed by atoms with E-state index in [-0.39, 0.29) is 11.5 Å². The molecule has 1 aromatic carbocycles. The summed E-state index contributed by atoms with van der Waals surface area (Å²) < 4.78 is 3.60. The first kappa shape index (κ1) is 16.9. The minimum Gasteiger partial charge on any atom is -0.332 e. The van der Waals surface area contributed by atoms with E-state index in [1.807, 2.05) is 64.3 Å². The zero-order chi connectivity index (χ0) is 19.3. The molecule has 7 heteroatoms. The molecule has 0 unspecified atom stereocenters. The SMILES string of the molecule is Cn1c2c(cc(-c3ccccc3)c1=O)CN(C(=O)c1cn3ccsc3n1)CC2. The van der Waals surface area contributed by atoms with Gasteiger partial charge >= 0.3 is 0 Å². The van der Waals surface area contributed by atoms with Gasteiger partial charge in [-0.25, -0.2) is 4.98 Å². The van der Waals surface area contributed by atoms with Crippen LogP contribution in [0.1, 0.15) is 21.7 Å². The lowest BCUT2D eigenvalue weighted by atomic mass is 9.99. The molecule has 1 aliphatic heterocycles. The van der Waals surface area contributed by atoms with Crippen LogP contribution in [0.25, 0.3) is 16.1 Å². The predicted octanol–water partition coefficient (Wildman–Crippen LogP) is 2.96. The number of imidazole rings is 1. The second-order valence-corrected chi connectivity index (χ2v) is 7.83. The summed E-state index contributed by atoms with van der Waals surface area (Å²) in [6.07, 6.45) is 4.33. The maximum absolute atomic E-state index is 13.0. The van der Waals surface area contributed by atoms with E-state index in [0.29, 0.717) is 30.8 Å². The zero-order valence-electron chi connectivity index (χ0n) is 15.3. The maximum Gasteiger partial charge on any atom is 0.274 e. The first-order valence-corrected chi connectivity index (χ1v) is 9.98. The zero-order valence-corrected chi connectivity index (χ0v) is 16.1. The van der Waals surface area contributed by atoms with E-state index in [1.165, 1.54) is 11.3 Å². The van der Waals surface area contributed by atoms with E-state index in [2.05, 4.69) is 4.98 Å². The van der Waals surface area contributed by atoms with Crippen LogP contribution in [-0.4, -0.2) is 31.3 Å². The quantitative estimate of drug-likeness (QED) is 0.529. The number of nitrogens with zero attached hydrogens (tertiary/aromatic N) is 4. The molecule has 0 bridgehead atoms. The number of hydrogen-bond acceptors (Lipinski definition) is 4. The fourth-order valence-corrected chi connectivity index (χ4v) is 4.52. The highest BCUT2D eigenvalue weighted by Gasteiger charge is 2.26. The van der Waals surface area contributed by atoms with Crippen LogP contribution in [-0.2, 0) is 20.0 Å². The molecule has 0 saturated heterocycles. The van der Waals surface area contributed by atoms with Crippen molar-refractivity contribution in [2.45, 2.75) is 13.0 Å². The Morgan fingerprint density at radius 1 is 1.21 bits per heavy atom. The van der Waals surface area contributed by atoms with Gasteiger partial charge in [-0.3, -0.25) is 14.0 Å². The van der Waals surface area contributed by atoms with Crippen molar-refractivity contribution < 1.29 is 4.79 Å². The number of carbonyl (C=O) groups excluding carboxylic acids is 1. The van der Waals surface area contributed by atoms with E-state index in [9.17, 15) is 9.59 Å². The Labute approximate surface area is 165 Å². The van der Waals surface area contributed by atoms with E-state index in [0.717, 1.165) is 21.8 Å². The Kier molecular flexibility index (Phi) is 3.91. The number of rotatable bonds is 2. The minimum absolute atomic E-state index is 0.000866. The molecule has 0 aliphatic carbocycles. The van der Waals surface area contributed by atoms with Crippen molar-refractivity contribution in [3.63, 3.8) is 0 Å². The number of thiazole rings is 1. The summed E-state index contributed by atoms with van der Waals surface area (Å²) in [6.45, 7) is 1.06. The number of amides is 1. The summed E-state index contributed by atoms with van der Waals surface area (Å²) in [5.74, 6) is -0.0725. The number of benzene rings is 1. The summed E-state index contributed by atoms with van der Waals surface area (Å²) in [7, 11) is 1.81. The second-order valence-electron chi connectivity index (χ2n) is 6.96. The van der Waals surface area contributed by atoms with Gasteiger partial charge in [0.25, 0.3) is 11.5 Å². The number of hydrogen-bond donors (Lipinski definition) is 0. The molecule has 28 heavy (non-hydrogen) atoms. The maximum atomic E-state index is 13.0. The Morgan fingerprint density at radius 2 is 2.04 bits per heavy atom. The monoisotopic (exact) mass is 390 g/mol. The topological polar surface area (TPSA) is 59.6 Å². The molecule has 4 heterocycles. The molecule has 0 radical (unpaired) electrons. The van der Waals surface area contributed by atoms with Crippen LogP contribution >= 0.6 is 11.3 Å². The van der Waals surface area contributed by atoms with Crippen LogP contribution in [0.4, 0.5) is 0 Å². The van der Waals surface area contributed by atoms with Gasteiger partial charge in [-0.2, -0.15) is 0 Å². The van der Waals surface area contributed by atoms with Gasteiger partial charge in [0.05, 0.1) is 0 Å². The van der Waals surface area contributed by atoms with Crippen molar-refractivity contribution >= 4 is 22.2 Å². The molecule has 3 aromatic heterocycles. The minimum atomic E-state index is -0.0725. The number of pyridine rings is 1. The second kappa shape index (κ2) is 6.45. The Morgan fingerprint density at radius 3 is 2.82 bits per heavy atom. The smallest absolute Gasteiger partial charge is 0.274 e. The first-order chi connectivity index (χ1) is 13.6. The van der Waals surface area contributed by atoms with Crippen molar-refractivity contribution in [1.82, 2.24) is 18.9 Å². The van der Waals surface area contributed by atoms with Crippen LogP contribution in [0.15, 0.2) is 59.0 Å². The van der Waals surface area contributed by atoms with Crippen LogP contribution in [0.3, 0.4) is 0 Å². The van der Waals surface area contributed by atoms with Gasteiger partial charge in [0.1, 0.15) is 5.69 Å². The Hall–Kier alpha value is -3.19. The number of aromatic nitrogens is 3. The summed E-state index contributed by atoms with van der Waals surface area (Å²) >= 11 is 1.51. The Balaban J connectivity index is 1.51. The standard InChI is InChI=1S/C21H18N4O2S/c1-23-18-7-8-24(20(27)17-13-25-9-10-28-21(25)22-17)12-15(18)11-16(19(23)26)14-5-3-2-4-6-14/h2-6,9-11,13H,7-8,12H2,1H3. The molecule has 0 fully saturated rings. The van der Waals surface area contributed by atoms with Crippen molar-refractivity contribution in [3.05, 3.63) is 81.5 Å². The first-order valence-electron chi connectivity index (χ1n) is 9.10. The fraction of sp³-hybridized carbons (Fsp3) is 0.190. The third-order valence-electron chi connectivity index (χ3n) is 5.29. The summed E-state index contributed by atoms with van der Waals surface area (Å²) in [6, 6.07) is 11.6. The molecular formula is C21H18N4O2S. The fourth-order valence-electron chi connectivity index (χ4n) is 3.82. The molecule has 1 aliphatic rings. The third-order valence-corrected chi connectivity index (χ3v) is 6.06. The lowest BCUT2D eigenvalue weighted by molar-refractivity contribution is 0.0727. The third kappa shape index (κ3) is 2.66. The lowest BCUT2D eigenvalue weighted by Gasteiger charge is -2.30. The molecule has 0 N–H and O–H groups in total. The molecule has 140 valence electrons. The lowest BCUT2D eigenvalue weighted by Crippen LogP contribution is -2.39. The average Bonchev–Trinajstić information content (AvgIpc) is 3.33. The predicted molar refractivity (Wildman–Crippen MR) is 109 cm³/mol. The summed E-state index contributed by atoms with van der Waals surface area (Å²) in [5.41, 5.74) is 4.03. The van der Waals surface area contributed by atoms with Crippen molar-refractivity contribution in [1.29, 1.82) is 0 Å². The molecule has 4 aromatic rings. The number of fused-ring (bicyclic) bond motifs is 2. The highest BCUT2D eigenvalue weighted by Crippen LogP contribution is 2.24. The summed E-state index contributed by atoms with van der Waals surface area (Å²) in [4.78, 5) is 32.9. The normalized spacial score (nSPS) is 13.7. The van der Waals surface area contributed by atoms with Crippen molar-refractivity contribution in [2.75, 3.05) is 6.54 Å². The molecular weight excluding hydrogens is 372 g/mol. The molecule has 5 rings (SSSR count). The van der Waals surface area contributed by atoms with Crippen molar-refractivity contribution in [3.8, 4) is 11.1 Å². The van der Waals surface area contributed by atoms with E-state index < -0.39 is 0 Å². The van der Waals surface area contributed by atoms with Crippen LogP contribution in [0.2, 0.25) is 0 Å². The molecule has 0 saturated carbocycles. The van der Waals surface area contributed by atoms with E-state index in [1.54, 1.807) is 10.8 Å². The van der Waals surface area contributed by atoms with Crippen LogP contribution < -0.4 is 5.56 Å². The highest BCUT2D eigenvalue weighted by molar-refractivity contribution is 7.15. The molecule has 0 atom stereocenters. The molecule has 0 spiro atoms. The van der Waals surface area contributed by atoms with E-state index >= 15 is 0 Å². The highest BCUT2D eigenvalue weighted by atomic mass is 32.1.